The Labute approximate surface area is 131 Å². The fraction of sp³-hybridized carbons (Fsp3) is 0.500. The molecule has 1 atom stereocenters. The minimum Gasteiger partial charge on any atom is -0.497 e. The number of sulfonamides is 2. The SMILES string of the molecule is CCS(=O)(=O)Nc1cc(OC)ccc1S(=O)(=O)N[C@@H](C)CN. The van der Waals surface area contributed by atoms with Crippen LogP contribution in [-0.2, 0) is 20.0 Å². The predicted molar refractivity (Wildman–Crippen MR) is 84.9 cm³/mol. The molecule has 0 bridgehead atoms. The van der Waals surface area contributed by atoms with Crippen molar-refractivity contribution in [3.05, 3.63) is 18.2 Å². The Morgan fingerprint density at radius 1 is 1.27 bits per heavy atom. The number of rotatable bonds is 8. The second kappa shape index (κ2) is 7.27. The fourth-order valence-corrected chi connectivity index (χ4v) is 3.68. The number of nitrogens with two attached hydrogens (primary N) is 1. The van der Waals surface area contributed by atoms with Crippen molar-refractivity contribution in [2.24, 2.45) is 5.73 Å². The van der Waals surface area contributed by atoms with Gasteiger partial charge in [0.2, 0.25) is 20.0 Å². The van der Waals surface area contributed by atoms with Crippen molar-refractivity contribution in [3.8, 4) is 5.75 Å². The Kier molecular flexibility index (Phi) is 6.17. The molecule has 10 heteroatoms. The molecule has 0 aliphatic heterocycles. The van der Waals surface area contributed by atoms with Crippen molar-refractivity contribution in [1.82, 2.24) is 4.72 Å². The maximum Gasteiger partial charge on any atom is 0.242 e. The third-order valence-electron chi connectivity index (χ3n) is 2.83. The molecule has 0 aliphatic rings. The quantitative estimate of drug-likeness (QED) is 0.609. The lowest BCUT2D eigenvalue weighted by Crippen LogP contribution is -2.38. The van der Waals surface area contributed by atoms with Crippen LogP contribution in [0.5, 0.6) is 5.75 Å². The van der Waals surface area contributed by atoms with Gasteiger partial charge in [-0.15, -0.1) is 0 Å². The third kappa shape index (κ3) is 4.83. The van der Waals surface area contributed by atoms with E-state index in [1.807, 2.05) is 0 Å². The summed E-state index contributed by atoms with van der Waals surface area (Å²) in [5, 5.41) is 0. The summed E-state index contributed by atoms with van der Waals surface area (Å²) in [7, 11) is -6.16. The van der Waals surface area contributed by atoms with E-state index in [0.717, 1.165) is 0 Å². The van der Waals surface area contributed by atoms with E-state index in [-0.39, 0.29) is 22.9 Å². The Bertz CT molecular complexity index is 716. The summed E-state index contributed by atoms with van der Waals surface area (Å²) in [6.07, 6.45) is 0. The van der Waals surface area contributed by atoms with Crippen molar-refractivity contribution in [2.75, 3.05) is 24.1 Å². The second-order valence-corrected chi connectivity index (χ2v) is 8.32. The van der Waals surface area contributed by atoms with Crippen LogP contribution in [0.4, 0.5) is 5.69 Å². The molecule has 1 aromatic carbocycles. The van der Waals surface area contributed by atoms with Crippen molar-refractivity contribution in [1.29, 1.82) is 0 Å². The topological polar surface area (TPSA) is 128 Å². The average molecular weight is 351 g/mol. The molecule has 1 aromatic rings. The molecule has 22 heavy (non-hydrogen) atoms. The van der Waals surface area contributed by atoms with Crippen LogP contribution in [-0.4, -0.2) is 42.3 Å². The molecule has 0 saturated carbocycles. The molecule has 1 rings (SSSR count). The Hall–Kier alpha value is -1.36. The van der Waals surface area contributed by atoms with Gasteiger partial charge in [0.1, 0.15) is 10.6 Å². The number of benzene rings is 1. The summed E-state index contributed by atoms with van der Waals surface area (Å²) in [6, 6.07) is 3.54. The van der Waals surface area contributed by atoms with E-state index >= 15 is 0 Å². The zero-order valence-electron chi connectivity index (χ0n) is 12.7. The minimum absolute atomic E-state index is 0.0714. The average Bonchev–Trinajstić information content (AvgIpc) is 2.45. The number of nitrogens with one attached hydrogen (secondary N) is 2. The summed E-state index contributed by atoms with van der Waals surface area (Å²) in [6.45, 7) is 3.17. The first kappa shape index (κ1) is 18.7. The van der Waals surface area contributed by atoms with Gasteiger partial charge in [0.15, 0.2) is 0 Å². The molecular weight excluding hydrogens is 330 g/mol. The Morgan fingerprint density at radius 2 is 1.91 bits per heavy atom. The van der Waals surface area contributed by atoms with E-state index in [0.29, 0.717) is 5.75 Å². The zero-order valence-corrected chi connectivity index (χ0v) is 14.3. The smallest absolute Gasteiger partial charge is 0.242 e. The van der Waals surface area contributed by atoms with E-state index in [1.54, 1.807) is 6.92 Å². The molecular formula is C12H21N3O5S2. The molecule has 0 saturated heterocycles. The third-order valence-corrected chi connectivity index (χ3v) is 5.77. The summed E-state index contributed by atoms with van der Waals surface area (Å²) in [5.74, 6) is 0.149. The van der Waals surface area contributed by atoms with Gasteiger partial charge in [0.05, 0.1) is 18.6 Å². The van der Waals surface area contributed by atoms with Gasteiger partial charge in [-0.25, -0.2) is 21.6 Å². The van der Waals surface area contributed by atoms with Gasteiger partial charge in [-0.05, 0) is 26.0 Å². The first-order valence-corrected chi connectivity index (χ1v) is 9.69. The molecule has 0 aromatic heterocycles. The van der Waals surface area contributed by atoms with E-state index in [9.17, 15) is 16.8 Å². The highest BCUT2D eigenvalue weighted by molar-refractivity contribution is 7.93. The summed E-state index contributed by atoms with van der Waals surface area (Å²) in [4.78, 5) is -0.189. The zero-order chi connectivity index (χ0) is 17.0. The van der Waals surface area contributed by atoms with Gasteiger partial charge in [-0.3, -0.25) is 4.72 Å². The lowest BCUT2D eigenvalue weighted by atomic mass is 10.3. The number of hydrogen-bond donors (Lipinski definition) is 3. The summed E-state index contributed by atoms with van der Waals surface area (Å²) < 4.78 is 57.8. The van der Waals surface area contributed by atoms with E-state index in [2.05, 4.69) is 9.44 Å². The van der Waals surface area contributed by atoms with Crippen LogP contribution in [0.2, 0.25) is 0 Å². The lowest BCUT2D eigenvalue weighted by Gasteiger charge is -2.16. The summed E-state index contributed by atoms with van der Waals surface area (Å²) in [5.41, 5.74) is 5.33. The van der Waals surface area contributed by atoms with Crippen LogP contribution in [0.3, 0.4) is 0 Å². The molecule has 0 amide bonds. The highest BCUT2D eigenvalue weighted by atomic mass is 32.2. The molecule has 0 heterocycles. The highest BCUT2D eigenvalue weighted by Gasteiger charge is 2.23. The van der Waals surface area contributed by atoms with Crippen molar-refractivity contribution in [3.63, 3.8) is 0 Å². The van der Waals surface area contributed by atoms with Crippen LogP contribution in [0, 0.1) is 0 Å². The minimum atomic E-state index is -3.92. The number of anilines is 1. The van der Waals surface area contributed by atoms with Gasteiger partial charge in [0.25, 0.3) is 0 Å². The van der Waals surface area contributed by atoms with Crippen LogP contribution in [0.1, 0.15) is 13.8 Å². The first-order valence-electron chi connectivity index (χ1n) is 6.56. The van der Waals surface area contributed by atoms with E-state index < -0.39 is 26.1 Å². The fourth-order valence-electron chi connectivity index (χ4n) is 1.57. The van der Waals surface area contributed by atoms with Gasteiger partial charge < -0.3 is 10.5 Å². The van der Waals surface area contributed by atoms with E-state index in [1.165, 1.54) is 32.2 Å². The largest absolute Gasteiger partial charge is 0.497 e. The van der Waals surface area contributed by atoms with Crippen molar-refractivity contribution in [2.45, 2.75) is 24.8 Å². The maximum absolute atomic E-state index is 12.4. The van der Waals surface area contributed by atoms with E-state index in [4.69, 9.17) is 10.5 Å². The Morgan fingerprint density at radius 3 is 2.41 bits per heavy atom. The number of ether oxygens (including phenoxy) is 1. The summed E-state index contributed by atoms with van der Waals surface area (Å²) >= 11 is 0. The monoisotopic (exact) mass is 351 g/mol. The van der Waals surface area contributed by atoms with Crippen LogP contribution in [0.15, 0.2) is 23.1 Å². The predicted octanol–water partition coefficient (Wildman–Crippen LogP) is 0.0823. The molecule has 0 aliphatic carbocycles. The Balaban J connectivity index is 3.35. The molecule has 0 spiro atoms. The number of methoxy groups -OCH3 is 1. The van der Waals surface area contributed by atoms with Gasteiger partial charge in [-0.1, -0.05) is 0 Å². The van der Waals surface area contributed by atoms with Crippen LogP contribution < -0.4 is 19.9 Å². The van der Waals surface area contributed by atoms with Crippen molar-refractivity contribution >= 4 is 25.7 Å². The van der Waals surface area contributed by atoms with Gasteiger partial charge >= 0.3 is 0 Å². The standard InChI is InChI=1S/C12H21N3O5S2/c1-4-21(16,17)15-11-7-10(20-3)5-6-12(11)22(18,19)14-9(2)8-13/h5-7,9,14-15H,4,8,13H2,1-3H3/t9-/m0/s1. The lowest BCUT2D eigenvalue weighted by molar-refractivity contribution is 0.414. The van der Waals surface area contributed by atoms with Gasteiger partial charge in [0, 0.05) is 18.7 Å². The van der Waals surface area contributed by atoms with Crippen LogP contribution in [0.25, 0.3) is 0 Å². The van der Waals surface area contributed by atoms with Crippen molar-refractivity contribution < 1.29 is 21.6 Å². The molecule has 126 valence electrons. The molecule has 4 N–H and O–H groups in total. The van der Waals surface area contributed by atoms with Gasteiger partial charge in [-0.2, -0.15) is 0 Å². The molecule has 0 unspecified atom stereocenters. The second-order valence-electron chi connectivity index (χ2n) is 4.63. The normalized spacial score (nSPS) is 13.6. The molecule has 0 fully saturated rings. The maximum atomic E-state index is 12.4. The molecule has 0 radical (unpaired) electrons. The highest BCUT2D eigenvalue weighted by Crippen LogP contribution is 2.27. The first-order chi connectivity index (χ1) is 10.1. The number of hydrogen-bond acceptors (Lipinski definition) is 6. The van der Waals surface area contributed by atoms with Crippen LogP contribution >= 0.6 is 0 Å². The molecule has 8 nitrogen and oxygen atoms in total.